The number of hydrogen-bond donors (Lipinski definition) is 0. The molecule has 15 heavy (non-hydrogen) atoms. The van der Waals surface area contributed by atoms with Gasteiger partial charge in [-0.1, -0.05) is 0 Å². The first-order chi connectivity index (χ1) is 6.86. The Hall–Kier alpha value is -0.950. The standard InChI is InChI=1S/C8H8F3NO2S/c1-4(14-2)6(13)5-3-12-7(15-5)8(9,10)11/h3-4H,1-2H3. The summed E-state index contributed by atoms with van der Waals surface area (Å²) in [6, 6.07) is 0. The van der Waals surface area contributed by atoms with Crippen LogP contribution >= 0.6 is 11.3 Å². The van der Waals surface area contributed by atoms with Crippen LogP contribution in [0.3, 0.4) is 0 Å². The highest BCUT2D eigenvalue weighted by molar-refractivity contribution is 7.13. The second-order valence-corrected chi connectivity index (χ2v) is 3.80. The predicted octanol–water partition coefficient (Wildman–Crippen LogP) is 2.38. The highest BCUT2D eigenvalue weighted by atomic mass is 32.1. The molecule has 0 radical (unpaired) electrons. The minimum Gasteiger partial charge on any atom is -0.374 e. The number of methoxy groups -OCH3 is 1. The molecular weight excluding hydrogens is 231 g/mol. The molecule has 1 atom stereocenters. The lowest BCUT2D eigenvalue weighted by atomic mass is 10.2. The van der Waals surface area contributed by atoms with Crippen molar-refractivity contribution in [3.05, 3.63) is 16.1 Å². The molecule has 1 aromatic heterocycles. The maximum atomic E-state index is 12.2. The van der Waals surface area contributed by atoms with Crippen LogP contribution < -0.4 is 0 Å². The van der Waals surface area contributed by atoms with E-state index in [9.17, 15) is 18.0 Å². The quantitative estimate of drug-likeness (QED) is 0.760. The number of Topliss-reactive ketones (excluding diaryl/α,β-unsaturated/α-hetero) is 1. The monoisotopic (exact) mass is 239 g/mol. The van der Waals surface area contributed by atoms with Crippen molar-refractivity contribution < 1.29 is 22.7 Å². The third kappa shape index (κ3) is 2.75. The Labute approximate surface area is 87.9 Å². The number of halogens is 3. The molecule has 0 aromatic carbocycles. The van der Waals surface area contributed by atoms with Gasteiger partial charge in [-0.3, -0.25) is 4.79 Å². The fourth-order valence-corrected chi connectivity index (χ4v) is 1.63. The zero-order valence-corrected chi connectivity index (χ0v) is 8.78. The zero-order valence-electron chi connectivity index (χ0n) is 7.96. The van der Waals surface area contributed by atoms with E-state index >= 15 is 0 Å². The fourth-order valence-electron chi connectivity index (χ4n) is 0.826. The Morgan fingerprint density at radius 3 is 2.60 bits per heavy atom. The Bertz CT molecular complexity index is 361. The molecular formula is C8H8F3NO2S. The van der Waals surface area contributed by atoms with Crippen LogP contribution in [0.2, 0.25) is 0 Å². The van der Waals surface area contributed by atoms with Gasteiger partial charge in [0.1, 0.15) is 6.10 Å². The minimum absolute atomic E-state index is 0.0447. The summed E-state index contributed by atoms with van der Waals surface area (Å²) in [5.74, 6) is -0.495. The summed E-state index contributed by atoms with van der Waals surface area (Å²) < 4.78 is 41.2. The van der Waals surface area contributed by atoms with E-state index in [1.54, 1.807) is 0 Å². The van der Waals surface area contributed by atoms with Gasteiger partial charge in [0.05, 0.1) is 4.88 Å². The van der Waals surface area contributed by atoms with E-state index in [2.05, 4.69) is 4.98 Å². The lowest BCUT2D eigenvalue weighted by Gasteiger charge is -2.04. The average Bonchev–Trinajstić information content (AvgIpc) is 2.63. The van der Waals surface area contributed by atoms with Crippen LogP contribution in [0.5, 0.6) is 0 Å². The SMILES string of the molecule is COC(C)C(=O)c1cnc(C(F)(F)F)s1. The first kappa shape index (κ1) is 12.1. The molecule has 7 heteroatoms. The molecule has 0 saturated heterocycles. The first-order valence-corrected chi connectivity index (χ1v) is 4.78. The van der Waals surface area contributed by atoms with Gasteiger partial charge in [-0.15, -0.1) is 11.3 Å². The Balaban J connectivity index is 2.90. The summed E-state index contributed by atoms with van der Waals surface area (Å²) in [7, 11) is 1.31. The molecule has 1 rings (SSSR count). The van der Waals surface area contributed by atoms with E-state index in [1.807, 2.05) is 0 Å². The van der Waals surface area contributed by atoms with E-state index < -0.39 is 23.1 Å². The number of nitrogens with zero attached hydrogens (tertiary/aromatic N) is 1. The molecule has 0 fully saturated rings. The number of alkyl halides is 3. The second-order valence-electron chi connectivity index (χ2n) is 2.77. The maximum absolute atomic E-state index is 12.2. The number of hydrogen-bond acceptors (Lipinski definition) is 4. The van der Waals surface area contributed by atoms with E-state index in [1.165, 1.54) is 14.0 Å². The summed E-state index contributed by atoms with van der Waals surface area (Å²) in [6.45, 7) is 1.47. The van der Waals surface area contributed by atoms with E-state index in [4.69, 9.17) is 4.74 Å². The molecule has 0 spiro atoms. The Kier molecular flexibility index (Phi) is 3.46. The number of aromatic nitrogens is 1. The van der Waals surface area contributed by atoms with Crippen LogP contribution in [0.1, 0.15) is 21.6 Å². The summed E-state index contributed by atoms with van der Waals surface area (Å²) in [6.07, 6.45) is -4.34. The molecule has 1 aromatic rings. The normalized spacial score (nSPS) is 13.9. The molecule has 0 amide bonds. The molecule has 84 valence electrons. The predicted molar refractivity (Wildman–Crippen MR) is 47.9 cm³/mol. The summed E-state index contributed by atoms with van der Waals surface area (Å²) in [5.41, 5.74) is 0. The van der Waals surface area contributed by atoms with Gasteiger partial charge in [0.15, 0.2) is 5.01 Å². The van der Waals surface area contributed by atoms with Gasteiger partial charge in [-0.25, -0.2) is 4.98 Å². The molecule has 1 unspecified atom stereocenters. The fraction of sp³-hybridized carbons (Fsp3) is 0.500. The molecule has 0 N–H and O–H groups in total. The average molecular weight is 239 g/mol. The Morgan fingerprint density at radius 2 is 2.20 bits per heavy atom. The van der Waals surface area contributed by atoms with Gasteiger partial charge in [-0.2, -0.15) is 13.2 Å². The van der Waals surface area contributed by atoms with Crippen LogP contribution in [0.25, 0.3) is 0 Å². The Morgan fingerprint density at radius 1 is 1.60 bits per heavy atom. The number of ketones is 1. The van der Waals surface area contributed by atoms with Crippen LogP contribution in [-0.4, -0.2) is 24.0 Å². The number of rotatable bonds is 3. The number of carbonyl (C=O) groups is 1. The molecule has 1 heterocycles. The van der Waals surface area contributed by atoms with Crippen molar-refractivity contribution >= 4 is 17.1 Å². The number of ether oxygens (including phenoxy) is 1. The van der Waals surface area contributed by atoms with Crippen molar-refractivity contribution in [1.29, 1.82) is 0 Å². The van der Waals surface area contributed by atoms with Crippen LogP contribution in [-0.2, 0) is 10.9 Å². The summed E-state index contributed by atoms with van der Waals surface area (Å²) >= 11 is 0.326. The number of carbonyl (C=O) groups excluding carboxylic acids is 1. The minimum atomic E-state index is -4.50. The van der Waals surface area contributed by atoms with Crippen molar-refractivity contribution in [3.63, 3.8) is 0 Å². The summed E-state index contributed by atoms with van der Waals surface area (Å²) in [4.78, 5) is 14.5. The topological polar surface area (TPSA) is 39.2 Å². The summed E-state index contributed by atoms with van der Waals surface area (Å²) in [5, 5.41) is -1.02. The molecule has 0 bridgehead atoms. The third-order valence-electron chi connectivity index (χ3n) is 1.71. The van der Waals surface area contributed by atoms with E-state index in [-0.39, 0.29) is 4.88 Å². The number of thiazole rings is 1. The maximum Gasteiger partial charge on any atom is 0.443 e. The van der Waals surface area contributed by atoms with Gasteiger partial charge in [0.25, 0.3) is 0 Å². The molecule has 0 saturated carbocycles. The highest BCUT2D eigenvalue weighted by Crippen LogP contribution is 2.32. The van der Waals surface area contributed by atoms with Gasteiger partial charge in [0.2, 0.25) is 5.78 Å². The van der Waals surface area contributed by atoms with Gasteiger partial charge >= 0.3 is 6.18 Å². The first-order valence-electron chi connectivity index (χ1n) is 3.96. The van der Waals surface area contributed by atoms with Crippen molar-refractivity contribution in [2.75, 3.05) is 7.11 Å². The molecule has 3 nitrogen and oxygen atoms in total. The lowest BCUT2D eigenvalue weighted by Crippen LogP contribution is -2.17. The van der Waals surface area contributed by atoms with Crippen molar-refractivity contribution in [2.24, 2.45) is 0 Å². The third-order valence-corrected chi connectivity index (χ3v) is 2.77. The van der Waals surface area contributed by atoms with Crippen molar-refractivity contribution in [2.45, 2.75) is 19.2 Å². The largest absolute Gasteiger partial charge is 0.443 e. The smallest absolute Gasteiger partial charge is 0.374 e. The molecule has 0 aliphatic rings. The zero-order chi connectivity index (χ0) is 11.6. The molecule has 0 aliphatic heterocycles. The van der Waals surface area contributed by atoms with E-state index in [0.717, 1.165) is 6.20 Å². The van der Waals surface area contributed by atoms with Gasteiger partial charge in [-0.05, 0) is 6.92 Å². The van der Waals surface area contributed by atoms with Crippen LogP contribution in [0.15, 0.2) is 6.20 Å². The van der Waals surface area contributed by atoms with Crippen LogP contribution in [0, 0.1) is 0 Å². The van der Waals surface area contributed by atoms with Crippen molar-refractivity contribution in [3.8, 4) is 0 Å². The van der Waals surface area contributed by atoms with Crippen molar-refractivity contribution in [1.82, 2.24) is 4.98 Å². The van der Waals surface area contributed by atoms with E-state index in [0.29, 0.717) is 11.3 Å². The highest BCUT2D eigenvalue weighted by Gasteiger charge is 2.35. The molecule has 0 aliphatic carbocycles. The van der Waals surface area contributed by atoms with Gasteiger partial charge in [0, 0.05) is 13.3 Å². The lowest BCUT2D eigenvalue weighted by molar-refractivity contribution is -0.137. The van der Waals surface area contributed by atoms with Gasteiger partial charge < -0.3 is 4.74 Å². The van der Waals surface area contributed by atoms with Crippen LogP contribution in [0.4, 0.5) is 13.2 Å². The second kappa shape index (κ2) is 4.28.